The van der Waals surface area contributed by atoms with Crippen LogP contribution in [-0.4, -0.2) is 56.7 Å². The number of alkyl halides is 1. The van der Waals surface area contributed by atoms with E-state index in [0.717, 1.165) is 50.5 Å². The second kappa shape index (κ2) is 6.93. The second-order valence-corrected chi connectivity index (χ2v) is 5.83. The molecule has 4 heteroatoms. The van der Waals surface area contributed by atoms with Crippen LogP contribution in [0.15, 0.2) is 0 Å². The summed E-state index contributed by atoms with van der Waals surface area (Å²) >= 11 is 5.99. The minimum Gasteiger partial charge on any atom is -0.374 e. The Balaban J connectivity index is 1.62. The molecule has 100 valence electrons. The van der Waals surface area contributed by atoms with Crippen LogP contribution in [0.1, 0.15) is 19.3 Å². The Morgan fingerprint density at radius 1 is 1.29 bits per heavy atom. The molecule has 0 radical (unpaired) electrons. The molecule has 1 saturated heterocycles. The summed E-state index contributed by atoms with van der Waals surface area (Å²) in [4.78, 5) is 2.34. The molecule has 1 saturated carbocycles. The molecule has 2 aliphatic rings. The Morgan fingerprint density at radius 2 is 2.12 bits per heavy atom. The lowest BCUT2D eigenvalue weighted by Gasteiger charge is -2.30. The number of ether oxygens (including phenoxy) is 1. The van der Waals surface area contributed by atoms with Crippen LogP contribution in [0, 0.1) is 11.8 Å². The van der Waals surface area contributed by atoms with Crippen LogP contribution < -0.4 is 5.32 Å². The third-order valence-electron chi connectivity index (χ3n) is 4.14. The Hall–Kier alpha value is 0.170. The Kier molecular flexibility index (Phi) is 5.54. The van der Waals surface area contributed by atoms with E-state index in [4.69, 9.17) is 16.3 Å². The summed E-state index contributed by atoms with van der Waals surface area (Å²) in [5, 5.41) is 3.57. The maximum absolute atomic E-state index is 5.99. The van der Waals surface area contributed by atoms with Crippen LogP contribution >= 0.6 is 11.6 Å². The van der Waals surface area contributed by atoms with Crippen molar-refractivity contribution in [1.29, 1.82) is 0 Å². The highest BCUT2D eigenvalue weighted by molar-refractivity contribution is 6.18. The third kappa shape index (κ3) is 4.09. The van der Waals surface area contributed by atoms with Crippen molar-refractivity contribution in [3.63, 3.8) is 0 Å². The van der Waals surface area contributed by atoms with Gasteiger partial charge in [0.2, 0.25) is 0 Å². The van der Waals surface area contributed by atoms with E-state index in [1.807, 2.05) is 0 Å². The van der Waals surface area contributed by atoms with E-state index in [2.05, 4.69) is 17.3 Å². The van der Waals surface area contributed by atoms with Gasteiger partial charge in [-0.1, -0.05) is 6.42 Å². The van der Waals surface area contributed by atoms with Gasteiger partial charge in [0.05, 0.1) is 12.7 Å². The Labute approximate surface area is 110 Å². The average molecular weight is 261 g/mol. The molecule has 0 amide bonds. The molecule has 1 heterocycles. The molecule has 3 nitrogen and oxygen atoms in total. The van der Waals surface area contributed by atoms with Crippen molar-refractivity contribution < 1.29 is 4.74 Å². The normalized spacial score (nSPS) is 35.3. The van der Waals surface area contributed by atoms with E-state index in [-0.39, 0.29) is 0 Å². The summed E-state index contributed by atoms with van der Waals surface area (Å²) in [6.07, 6.45) is 4.38. The van der Waals surface area contributed by atoms with E-state index in [1.165, 1.54) is 19.3 Å². The van der Waals surface area contributed by atoms with Gasteiger partial charge in [0, 0.05) is 25.5 Å². The average Bonchev–Trinajstić information content (AvgIpc) is 2.77. The highest BCUT2D eigenvalue weighted by atomic mass is 35.5. The van der Waals surface area contributed by atoms with Crippen LogP contribution in [0.4, 0.5) is 0 Å². The predicted molar refractivity (Wildman–Crippen MR) is 71.7 cm³/mol. The number of rotatable bonds is 5. The van der Waals surface area contributed by atoms with Gasteiger partial charge in [-0.25, -0.2) is 0 Å². The fourth-order valence-corrected chi connectivity index (χ4v) is 3.41. The van der Waals surface area contributed by atoms with Crippen molar-refractivity contribution in [1.82, 2.24) is 10.2 Å². The summed E-state index contributed by atoms with van der Waals surface area (Å²) in [5.41, 5.74) is 0. The smallest absolute Gasteiger partial charge is 0.0826 e. The van der Waals surface area contributed by atoms with Gasteiger partial charge in [-0.3, -0.25) is 0 Å². The summed E-state index contributed by atoms with van der Waals surface area (Å²) in [7, 11) is 2.16. The number of hydrogen-bond acceptors (Lipinski definition) is 3. The lowest BCUT2D eigenvalue weighted by Crippen LogP contribution is -2.45. The summed E-state index contributed by atoms with van der Waals surface area (Å²) in [6, 6.07) is 0. The van der Waals surface area contributed by atoms with Gasteiger partial charge in [0.1, 0.15) is 0 Å². The summed E-state index contributed by atoms with van der Waals surface area (Å²) < 4.78 is 5.74. The number of morpholine rings is 1. The zero-order chi connectivity index (χ0) is 12.1. The van der Waals surface area contributed by atoms with Crippen LogP contribution in [0.5, 0.6) is 0 Å². The van der Waals surface area contributed by atoms with Gasteiger partial charge in [0.25, 0.3) is 0 Å². The molecule has 17 heavy (non-hydrogen) atoms. The first kappa shape index (κ1) is 13.6. The van der Waals surface area contributed by atoms with Gasteiger partial charge in [-0.2, -0.15) is 0 Å². The maximum Gasteiger partial charge on any atom is 0.0826 e. The van der Waals surface area contributed by atoms with Crippen LogP contribution in [0.3, 0.4) is 0 Å². The molecule has 1 aliphatic carbocycles. The fourth-order valence-electron chi connectivity index (χ4n) is 3.01. The van der Waals surface area contributed by atoms with Crippen molar-refractivity contribution in [3.05, 3.63) is 0 Å². The Bertz CT molecular complexity index is 227. The molecule has 0 bridgehead atoms. The standard InChI is InChI=1S/C13H25ClN2O/c1-16-5-6-17-13(10-16)9-15-8-12-4-2-3-11(12)7-14/h11-13,15H,2-10H2,1H3. The quantitative estimate of drug-likeness (QED) is 0.760. The molecule has 0 aromatic carbocycles. The molecule has 0 aromatic rings. The zero-order valence-corrected chi connectivity index (χ0v) is 11.6. The highest BCUT2D eigenvalue weighted by Gasteiger charge is 2.26. The van der Waals surface area contributed by atoms with Crippen molar-refractivity contribution in [2.24, 2.45) is 11.8 Å². The molecular formula is C13H25ClN2O. The first-order chi connectivity index (χ1) is 8.29. The largest absolute Gasteiger partial charge is 0.374 e. The molecule has 1 aliphatic heterocycles. The third-order valence-corrected chi connectivity index (χ3v) is 4.53. The van der Waals surface area contributed by atoms with Crippen molar-refractivity contribution in [2.75, 3.05) is 45.7 Å². The van der Waals surface area contributed by atoms with Crippen molar-refractivity contribution >= 4 is 11.6 Å². The molecule has 3 unspecified atom stereocenters. The van der Waals surface area contributed by atoms with Gasteiger partial charge >= 0.3 is 0 Å². The van der Waals surface area contributed by atoms with Crippen LogP contribution in [-0.2, 0) is 4.74 Å². The lowest BCUT2D eigenvalue weighted by atomic mass is 9.98. The minimum absolute atomic E-state index is 0.365. The van der Waals surface area contributed by atoms with E-state index in [0.29, 0.717) is 6.10 Å². The SMILES string of the molecule is CN1CCOC(CNCC2CCCC2CCl)C1. The summed E-state index contributed by atoms with van der Waals surface area (Å²) in [5.74, 6) is 2.35. The lowest BCUT2D eigenvalue weighted by molar-refractivity contribution is -0.0184. The van der Waals surface area contributed by atoms with Gasteiger partial charge in [-0.05, 0) is 38.3 Å². The Morgan fingerprint density at radius 3 is 2.88 bits per heavy atom. The van der Waals surface area contributed by atoms with Crippen molar-refractivity contribution in [3.8, 4) is 0 Å². The number of likely N-dealkylation sites (N-methyl/N-ethyl adjacent to an activating group) is 1. The molecule has 2 fully saturated rings. The predicted octanol–water partition coefficient (Wildman–Crippen LogP) is 1.56. The maximum atomic E-state index is 5.99. The number of halogens is 1. The van der Waals surface area contributed by atoms with Crippen molar-refractivity contribution in [2.45, 2.75) is 25.4 Å². The monoisotopic (exact) mass is 260 g/mol. The number of hydrogen-bond donors (Lipinski definition) is 1. The topological polar surface area (TPSA) is 24.5 Å². The second-order valence-electron chi connectivity index (χ2n) is 5.52. The van der Waals surface area contributed by atoms with E-state index in [9.17, 15) is 0 Å². The van der Waals surface area contributed by atoms with E-state index in [1.54, 1.807) is 0 Å². The van der Waals surface area contributed by atoms with Crippen LogP contribution in [0.25, 0.3) is 0 Å². The van der Waals surface area contributed by atoms with Gasteiger partial charge < -0.3 is 15.0 Å². The molecular weight excluding hydrogens is 236 g/mol. The number of nitrogens with one attached hydrogen (secondary N) is 1. The van der Waals surface area contributed by atoms with Gasteiger partial charge in [-0.15, -0.1) is 11.6 Å². The first-order valence-corrected chi connectivity index (χ1v) is 7.40. The van der Waals surface area contributed by atoms with E-state index >= 15 is 0 Å². The molecule has 1 N–H and O–H groups in total. The summed E-state index contributed by atoms with van der Waals surface area (Å²) in [6.45, 7) is 5.08. The van der Waals surface area contributed by atoms with Gasteiger partial charge in [0.15, 0.2) is 0 Å². The molecule has 0 spiro atoms. The molecule has 0 aromatic heterocycles. The fraction of sp³-hybridized carbons (Fsp3) is 1.00. The van der Waals surface area contributed by atoms with E-state index < -0.39 is 0 Å². The van der Waals surface area contributed by atoms with Crippen LogP contribution in [0.2, 0.25) is 0 Å². The first-order valence-electron chi connectivity index (χ1n) is 6.86. The zero-order valence-electron chi connectivity index (χ0n) is 10.8. The number of nitrogens with zero attached hydrogens (tertiary/aromatic N) is 1. The highest BCUT2D eigenvalue weighted by Crippen LogP contribution is 2.31. The molecule has 2 rings (SSSR count). The minimum atomic E-state index is 0.365. The molecule has 3 atom stereocenters.